The maximum Gasteiger partial charge on any atom is 0.177 e. The average Bonchev–Trinajstić information content (AvgIpc) is 2.78. The molecule has 0 aliphatic carbocycles. The lowest BCUT2D eigenvalue weighted by Gasteiger charge is -1.96. The van der Waals surface area contributed by atoms with E-state index in [9.17, 15) is 15.3 Å². The van der Waals surface area contributed by atoms with E-state index in [0.717, 1.165) is 10.4 Å². The summed E-state index contributed by atoms with van der Waals surface area (Å²) in [7, 11) is 0. The fourth-order valence-electron chi connectivity index (χ4n) is 1.14. The Balaban J connectivity index is 0.000000606. The van der Waals surface area contributed by atoms with Gasteiger partial charge in [-0.3, -0.25) is 0 Å². The molecule has 3 nitrogen and oxygen atoms in total. The smallest absolute Gasteiger partial charge is 0.177 e. The molecule has 0 unspecified atom stereocenters. The summed E-state index contributed by atoms with van der Waals surface area (Å²) in [5.74, 6) is -0.00507. The minimum Gasteiger partial charge on any atom is -0.507 e. The molecule has 0 spiro atoms. The number of aromatic hydroxyl groups is 3. The molecule has 0 aliphatic heterocycles. The number of hydrogen-bond donors (Lipinski definition) is 3. The topological polar surface area (TPSA) is 60.7 Å². The molecule has 0 saturated carbocycles. The third-order valence-electron chi connectivity index (χ3n) is 1.97. The Bertz CT molecular complexity index is 427. The fraction of sp³-hybridized carbons (Fsp3) is 0.273. The predicted octanol–water partition coefficient (Wildman–Crippen LogP) is 3.93. The van der Waals surface area contributed by atoms with E-state index >= 15 is 0 Å². The zero-order valence-corrected chi connectivity index (χ0v) is 10.9. The normalized spacial score (nSPS) is 9.69. The van der Waals surface area contributed by atoms with Gasteiger partial charge in [0.05, 0.1) is 9.75 Å². The first-order chi connectivity index (χ1) is 7.61. The maximum atomic E-state index is 9.51. The molecule has 0 saturated heterocycles. The van der Waals surface area contributed by atoms with Crippen molar-refractivity contribution >= 4 is 22.7 Å². The quantitative estimate of drug-likeness (QED) is 0.726. The van der Waals surface area contributed by atoms with Crippen LogP contribution in [-0.2, 0) is 0 Å². The first-order valence-electron chi connectivity index (χ1n) is 4.88. The fourth-order valence-corrected chi connectivity index (χ4v) is 3.13. The van der Waals surface area contributed by atoms with Gasteiger partial charge >= 0.3 is 0 Å². The molecule has 0 fully saturated rings. The van der Waals surface area contributed by atoms with E-state index in [2.05, 4.69) is 0 Å². The van der Waals surface area contributed by atoms with Crippen LogP contribution >= 0.6 is 22.7 Å². The van der Waals surface area contributed by atoms with Gasteiger partial charge in [0, 0.05) is 16.3 Å². The molecule has 0 atom stereocenters. The molecule has 16 heavy (non-hydrogen) atoms. The number of rotatable bonds is 1. The van der Waals surface area contributed by atoms with Crippen molar-refractivity contribution in [1.29, 1.82) is 0 Å². The van der Waals surface area contributed by atoms with E-state index < -0.39 is 0 Å². The zero-order valence-electron chi connectivity index (χ0n) is 9.31. The lowest BCUT2D eigenvalue weighted by Crippen LogP contribution is -1.71. The molecule has 2 heterocycles. The third-order valence-corrected chi connectivity index (χ3v) is 4.16. The largest absolute Gasteiger partial charge is 0.507 e. The van der Waals surface area contributed by atoms with Crippen LogP contribution < -0.4 is 0 Å². The van der Waals surface area contributed by atoms with Crippen molar-refractivity contribution in [3.05, 3.63) is 16.3 Å². The van der Waals surface area contributed by atoms with Crippen LogP contribution in [0.5, 0.6) is 17.2 Å². The molecule has 0 aliphatic rings. The van der Waals surface area contributed by atoms with Crippen molar-refractivity contribution in [2.24, 2.45) is 0 Å². The van der Waals surface area contributed by atoms with Crippen molar-refractivity contribution in [1.82, 2.24) is 0 Å². The minimum absolute atomic E-state index is 0.111. The van der Waals surface area contributed by atoms with Crippen molar-refractivity contribution in [2.45, 2.75) is 20.8 Å². The Morgan fingerprint density at radius 1 is 0.875 bits per heavy atom. The van der Waals surface area contributed by atoms with Gasteiger partial charge in [0.25, 0.3) is 0 Å². The summed E-state index contributed by atoms with van der Waals surface area (Å²) in [6, 6.07) is 0. The summed E-state index contributed by atoms with van der Waals surface area (Å²) in [4.78, 5) is 1.40. The summed E-state index contributed by atoms with van der Waals surface area (Å²) in [5, 5.41) is 31.2. The standard InChI is InChI=1S/C9H8O3S2.C2H6/c1-4-5(10)2-13-8(4)9-7(12)6(11)3-14-9;1-2/h2-3,10-12H,1H3;1-2H3. The van der Waals surface area contributed by atoms with Crippen molar-refractivity contribution in [2.75, 3.05) is 0 Å². The van der Waals surface area contributed by atoms with Gasteiger partial charge in [0.15, 0.2) is 11.5 Å². The summed E-state index contributed by atoms with van der Waals surface area (Å²) >= 11 is 2.60. The summed E-state index contributed by atoms with van der Waals surface area (Å²) < 4.78 is 0. The van der Waals surface area contributed by atoms with Crippen LogP contribution in [0, 0.1) is 6.92 Å². The molecule has 0 radical (unpaired) electrons. The molecule has 3 N–H and O–H groups in total. The highest BCUT2D eigenvalue weighted by Crippen LogP contribution is 2.47. The van der Waals surface area contributed by atoms with Crippen LogP contribution in [-0.4, -0.2) is 15.3 Å². The highest BCUT2D eigenvalue weighted by molar-refractivity contribution is 7.21. The van der Waals surface area contributed by atoms with Crippen LogP contribution in [0.2, 0.25) is 0 Å². The Hall–Kier alpha value is -1.20. The number of hydrogen-bond acceptors (Lipinski definition) is 5. The van der Waals surface area contributed by atoms with Crippen LogP contribution in [0.4, 0.5) is 0 Å². The summed E-state index contributed by atoms with van der Waals surface area (Å²) in [6.45, 7) is 5.78. The van der Waals surface area contributed by atoms with Gasteiger partial charge in [-0.05, 0) is 6.92 Å². The van der Waals surface area contributed by atoms with E-state index in [0.29, 0.717) is 4.88 Å². The molecule has 0 aromatic carbocycles. The van der Waals surface area contributed by atoms with Crippen molar-refractivity contribution < 1.29 is 15.3 Å². The average molecular weight is 258 g/mol. The van der Waals surface area contributed by atoms with Crippen LogP contribution in [0.1, 0.15) is 19.4 Å². The second-order valence-electron chi connectivity index (χ2n) is 2.87. The molecule has 0 amide bonds. The lowest BCUT2D eigenvalue weighted by molar-refractivity contribution is 0.409. The van der Waals surface area contributed by atoms with Crippen LogP contribution in [0.15, 0.2) is 10.8 Å². The first kappa shape index (κ1) is 12.9. The number of thiophene rings is 2. The Kier molecular flexibility index (Phi) is 4.20. The van der Waals surface area contributed by atoms with E-state index in [1.807, 2.05) is 13.8 Å². The third kappa shape index (κ3) is 2.15. The summed E-state index contributed by atoms with van der Waals surface area (Å²) in [5.41, 5.74) is 0.729. The molecule has 2 aromatic rings. The molecule has 88 valence electrons. The second kappa shape index (κ2) is 5.23. The summed E-state index contributed by atoms with van der Waals surface area (Å²) in [6.07, 6.45) is 0. The van der Waals surface area contributed by atoms with Crippen LogP contribution in [0.25, 0.3) is 9.75 Å². The highest BCUT2D eigenvalue weighted by atomic mass is 32.1. The zero-order chi connectivity index (χ0) is 12.3. The highest BCUT2D eigenvalue weighted by Gasteiger charge is 2.16. The van der Waals surface area contributed by atoms with Crippen LogP contribution in [0.3, 0.4) is 0 Å². The van der Waals surface area contributed by atoms with Crippen molar-refractivity contribution in [3.8, 4) is 27.0 Å². The molecular weight excluding hydrogens is 244 g/mol. The maximum absolute atomic E-state index is 9.51. The van der Waals surface area contributed by atoms with Gasteiger partial charge in [-0.1, -0.05) is 13.8 Å². The SMILES string of the molecule is CC.Cc1c(O)csc1-c1scc(O)c1O. The Labute approximate surface area is 102 Å². The van der Waals surface area contributed by atoms with Gasteiger partial charge in [0.2, 0.25) is 0 Å². The predicted molar refractivity (Wildman–Crippen MR) is 68.7 cm³/mol. The van der Waals surface area contributed by atoms with Gasteiger partial charge in [-0.25, -0.2) is 0 Å². The monoisotopic (exact) mass is 258 g/mol. The van der Waals surface area contributed by atoms with E-state index in [4.69, 9.17) is 0 Å². The molecule has 2 aromatic heterocycles. The molecular formula is C11H14O3S2. The Morgan fingerprint density at radius 2 is 1.38 bits per heavy atom. The molecule has 5 heteroatoms. The minimum atomic E-state index is -0.114. The van der Waals surface area contributed by atoms with E-state index in [-0.39, 0.29) is 17.2 Å². The van der Waals surface area contributed by atoms with Crippen molar-refractivity contribution in [3.63, 3.8) is 0 Å². The lowest BCUT2D eigenvalue weighted by atomic mass is 10.2. The van der Waals surface area contributed by atoms with Gasteiger partial charge < -0.3 is 15.3 Å². The Morgan fingerprint density at radius 3 is 1.75 bits per heavy atom. The first-order valence-corrected chi connectivity index (χ1v) is 6.64. The van der Waals surface area contributed by atoms with Gasteiger partial charge in [-0.2, -0.15) is 0 Å². The van der Waals surface area contributed by atoms with E-state index in [1.54, 1.807) is 12.3 Å². The van der Waals surface area contributed by atoms with E-state index in [1.165, 1.54) is 28.1 Å². The molecule has 2 rings (SSSR count). The molecule has 0 bridgehead atoms. The second-order valence-corrected chi connectivity index (χ2v) is 4.63. The van der Waals surface area contributed by atoms with Gasteiger partial charge in [0.1, 0.15) is 5.75 Å². The van der Waals surface area contributed by atoms with Gasteiger partial charge in [-0.15, -0.1) is 22.7 Å².